The van der Waals surface area contributed by atoms with Crippen LogP contribution in [0.4, 0.5) is 5.82 Å². The monoisotopic (exact) mass is 226 g/mol. The molecule has 0 spiro atoms. The number of pyridine rings is 2. The number of aryl methyl sites for hydroxylation is 1. The van der Waals surface area contributed by atoms with Gasteiger partial charge in [0.2, 0.25) is 5.89 Å². The number of rotatable bonds is 1. The Kier molecular flexibility index (Phi) is 2.04. The summed E-state index contributed by atoms with van der Waals surface area (Å²) in [7, 11) is 0. The number of fused-ring (bicyclic) bond motifs is 1. The van der Waals surface area contributed by atoms with E-state index in [0.29, 0.717) is 28.5 Å². The highest BCUT2D eigenvalue weighted by Crippen LogP contribution is 2.26. The standard InChI is InChI=1S/C12H10N4O/c1-7-5-8(10(13)15-6-7)12-16-11-9(17-12)3-2-4-14-11/h2-6H,1H3,(H2,13,15). The maximum Gasteiger partial charge on any atom is 0.232 e. The minimum atomic E-state index is 0.405. The number of hydrogen-bond acceptors (Lipinski definition) is 5. The molecule has 2 N–H and O–H groups in total. The molecule has 0 unspecified atom stereocenters. The van der Waals surface area contributed by atoms with E-state index in [9.17, 15) is 0 Å². The van der Waals surface area contributed by atoms with Gasteiger partial charge in [0.25, 0.3) is 0 Å². The van der Waals surface area contributed by atoms with Crippen molar-refractivity contribution in [2.45, 2.75) is 6.92 Å². The van der Waals surface area contributed by atoms with Crippen LogP contribution < -0.4 is 5.73 Å². The van der Waals surface area contributed by atoms with Gasteiger partial charge >= 0.3 is 0 Å². The quantitative estimate of drug-likeness (QED) is 0.688. The van der Waals surface area contributed by atoms with E-state index in [2.05, 4.69) is 15.0 Å². The lowest BCUT2D eigenvalue weighted by Crippen LogP contribution is -1.94. The van der Waals surface area contributed by atoms with Crippen molar-refractivity contribution in [2.75, 3.05) is 5.73 Å². The van der Waals surface area contributed by atoms with Crippen LogP contribution in [0.3, 0.4) is 0 Å². The fourth-order valence-corrected chi connectivity index (χ4v) is 1.64. The third-order valence-electron chi connectivity index (χ3n) is 2.45. The predicted octanol–water partition coefficient (Wildman–Crippen LogP) is 2.18. The Balaban J connectivity index is 2.23. The van der Waals surface area contributed by atoms with E-state index in [1.165, 1.54) is 0 Å². The Hall–Kier alpha value is -2.43. The molecule has 0 amide bonds. The fourth-order valence-electron chi connectivity index (χ4n) is 1.64. The molecule has 3 heterocycles. The van der Waals surface area contributed by atoms with Crippen LogP contribution in [0, 0.1) is 6.92 Å². The molecule has 0 atom stereocenters. The lowest BCUT2D eigenvalue weighted by atomic mass is 10.2. The number of anilines is 1. The Bertz CT molecular complexity index is 657. The van der Waals surface area contributed by atoms with Gasteiger partial charge in [-0.3, -0.25) is 0 Å². The average Bonchev–Trinajstić information content (AvgIpc) is 2.75. The smallest absolute Gasteiger partial charge is 0.232 e. The number of aromatic nitrogens is 3. The second kappa shape index (κ2) is 3.55. The van der Waals surface area contributed by atoms with Crippen LogP contribution in [0.15, 0.2) is 35.0 Å². The first-order chi connectivity index (χ1) is 8.24. The molecule has 5 nitrogen and oxygen atoms in total. The Morgan fingerprint density at radius 3 is 3.00 bits per heavy atom. The molecule has 5 heteroatoms. The van der Waals surface area contributed by atoms with Gasteiger partial charge in [-0.1, -0.05) is 0 Å². The fraction of sp³-hybridized carbons (Fsp3) is 0.0833. The van der Waals surface area contributed by atoms with Crippen LogP contribution in [-0.4, -0.2) is 15.0 Å². The topological polar surface area (TPSA) is 77.8 Å². The number of nitrogens with zero attached hydrogens (tertiary/aromatic N) is 3. The molecule has 0 aliphatic carbocycles. The van der Waals surface area contributed by atoms with E-state index in [1.807, 2.05) is 19.1 Å². The highest BCUT2D eigenvalue weighted by atomic mass is 16.3. The van der Waals surface area contributed by atoms with E-state index in [1.54, 1.807) is 18.5 Å². The van der Waals surface area contributed by atoms with Crippen LogP contribution in [0.2, 0.25) is 0 Å². The van der Waals surface area contributed by atoms with Gasteiger partial charge in [-0.25, -0.2) is 9.97 Å². The van der Waals surface area contributed by atoms with Crippen molar-refractivity contribution in [3.8, 4) is 11.5 Å². The molecule has 0 saturated heterocycles. The van der Waals surface area contributed by atoms with Crippen LogP contribution in [0.25, 0.3) is 22.7 Å². The van der Waals surface area contributed by atoms with Crippen molar-refractivity contribution in [1.29, 1.82) is 0 Å². The van der Waals surface area contributed by atoms with E-state index >= 15 is 0 Å². The molecule has 0 aliphatic heterocycles. The van der Waals surface area contributed by atoms with E-state index in [-0.39, 0.29) is 0 Å². The first kappa shape index (κ1) is 9.77. The van der Waals surface area contributed by atoms with Crippen molar-refractivity contribution < 1.29 is 4.42 Å². The Morgan fingerprint density at radius 2 is 2.18 bits per heavy atom. The molecule has 0 aliphatic rings. The second-order valence-corrected chi connectivity index (χ2v) is 3.79. The van der Waals surface area contributed by atoms with Crippen LogP contribution in [-0.2, 0) is 0 Å². The summed E-state index contributed by atoms with van der Waals surface area (Å²) in [6.45, 7) is 1.94. The van der Waals surface area contributed by atoms with Gasteiger partial charge in [-0.15, -0.1) is 0 Å². The highest BCUT2D eigenvalue weighted by Gasteiger charge is 2.12. The Morgan fingerprint density at radius 1 is 1.29 bits per heavy atom. The molecule has 0 fully saturated rings. The predicted molar refractivity (Wildman–Crippen MR) is 64.2 cm³/mol. The zero-order chi connectivity index (χ0) is 11.8. The van der Waals surface area contributed by atoms with Crippen LogP contribution in [0.1, 0.15) is 5.56 Å². The molecular weight excluding hydrogens is 216 g/mol. The molecule has 0 saturated carbocycles. The number of nitrogen functional groups attached to an aromatic ring is 1. The van der Waals surface area contributed by atoms with E-state index < -0.39 is 0 Å². The summed E-state index contributed by atoms with van der Waals surface area (Å²) in [5, 5.41) is 0. The van der Waals surface area contributed by atoms with Gasteiger partial charge in [0.1, 0.15) is 5.82 Å². The van der Waals surface area contributed by atoms with Crippen molar-refractivity contribution in [1.82, 2.24) is 15.0 Å². The molecular formula is C12H10N4O. The summed E-state index contributed by atoms with van der Waals surface area (Å²) in [6.07, 6.45) is 3.38. The first-order valence-electron chi connectivity index (χ1n) is 5.18. The largest absolute Gasteiger partial charge is 0.434 e. The van der Waals surface area contributed by atoms with Gasteiger partial charge in [-0.05, 0) is 30.7 Å². The third-order valence-corrected chi connectivity index (χ3v) is 2.45. The van der Waals surface area contributed by atoms with Crippen LogP contribution in [0.5, 0.6) is 0 Å². The molecule has 17 heavy (non-hydrogen) atoms. The van der Waals surface area contributed by atoms with E-state index in [0.717, 1.165) is 5.56 Å². The average molecular weight is 226 g/mol. The van der Waals surface area contributed by atoms with Crippen molar-refractivity contribution in [2.24, 2.45) is 0 Å². The van der Waals surface area contributed by atoms with Crippen LogP contribution >= 0.6 is 0 Å². The molecule has 3 aromatic rings. The number of nitrogens with two attached hydrogens (primary N) is 1. The second-order valence-electron chi connectivity index (χ2n) is 3.79. The first-order valence-corrected chi connectivity index (χ1v) is 5.18. The number of oxazole rings is 1. The van der Waals surface area contributed by atoms with Gasteiger partial charge in [0.15, 0.2) is 11.2 Å². The molecule has 3 aromatic heterocycles. The highest BCUT2D eigenvalue weighted by molar-refractivity contribution is 5.75. The van der Waals surface area contributed by atoms with Crippen molar-refractivity contribution in [3.63, 3.8) is 0 Å². The third kappa shape index (κ3) is 1.61. The summed E-state index contributed by atoms with van der Waals surface area (Å²) in [4.78, 5) is 12.5. The Labute approximate surface area is 97.3 Å². The van der Waals surface area contributed by atoms with Crippen molar-refractivity contribution >= 4 is 17.0 Å². The van der Waals surface area contributed by atoms with Gasteiger partial charge in [-0.2, -0.15) is 4.98 Å². The summed E-state index contributed by atoms with van der Waals surface area (Å²) in [5.74, 6) is 0.856. The van der Waals surface area contributed by atoms with Crippen molar-refractivity contribution in [3.05, 3.63) is 36.2 Å². The molecule has 0 bridgehead atoms. The maximum absolute atomic E-state index is 5.81. The van der Waals surface area contributed by atoms with E-state index in [4.69, 9.17) is 10.2 Å². The van der Waals surface area contributed by atoms with Gasteiger partial charge in [0.05, 0.1) is 5.56 Å². The summed E-state index contributed by atoms with van der Waals surface area (Å²) in [5.41, 5.74) is 8.73. The zero-order valence-corrected chi connectivity index (χ0v) is 9.21. The molecule has 0 radical (unpaired) electrons. The minimum Gasteiger partial charge on any atom is -0.434 e. The molecule has 84 valence electrons. The SMILES string of the molecule is Cc1cnc(N)c(-c2nc3ncccc3o2)c1. The minimum absolute atomic E-state index is 0.405. The zero-order valence-electron chi connectivity index (χ0n) is 9.21. The van der Waals surface area contributed by atoms with Gasteiger partial charge < -0.3 is 10.2 Å². The summed E-state index contributed by atoms with van der Waals surface area (Å²) in [6, 6.07) is 5.51. The molecule has 3 rings (SSSR count). The summed E-state index contributed by atoms with van der Waals surface area (Å²) < 4.78 is 5.60. The van der Waals surface area contributed by atoms with Gasteiger partial charge in [0, 0.05) is 12.4 Å². The lowest BCUT2D eigenvalue weighted by Gasteiger charge is -2.00. The normalized spacial score (nSPS) is 10.9. The lowest BCUT2D eigenvalue weighted by molar-refractivity contribution is 0.619. The number of hydrogen-bond donors (Lipinski definition) is 1. The summed E-state index contributed by atoms with van der Waals surface area (Å²) >= 11 is 0. The maximum atomic E-state index is 5.81. The molecule has 0 aromatic carbocycles.